The molecule has 37 heavy (non-hydrogen) atoms. The molecule has 4 rings (SSSR count). The lowest BCUT2D eigenvalue weighted by molar-refractivity contribution is -0.121. The van der Waals surface area contributed by atoms with E-state index in [0.717, 1.165) is 30.4 Å². The number of fused-ring (bicyclic) bond motifs is 1. The molecule has 1 aliphatic heterocycles. The molecule has 1 amide bonds. The number of hydrogen-bond acceptors (Lipinski definition) is 7. The summed E-state index contributed by atoms with van der Waals surface area (Å²) in [6.45, 7) is 10.2. The van der Waals surface area contributed by atoms with Gasteiger partial charge >= 0.3 is 0 Å². The average Bonchev–Trinajstić information content (AvgIpc) is 2.91. The first-order valence-electron chi connectivity index (χ1n) is 12.0. The van der Waals surface area contributed by atoms with Gasteiger partial charge in [0.15, 0.2) is 0 Å². The van der Waals surface area contributed by atoms with Gasteiger partial charge in [0.2, 0.25) is 5.91 Å². The van der Waals surface area contributed by atoms with E-state index in [1.807, 2.05) is 32.0 Å². The van der Waals surface area contributed by atoms with Crippen molar-refractivity contribution in [2.45, 2.75) is 19.8 Å². The Morgan fingerprint density at radius 2 is 2.00 bits per heavy atom. The molecule has 1 atom stereocenters. The van der Waals surface area contributed by atoms with Crippen LogP contribution in [0.5, 0.6) is 5.75 Å². The molecule has 2 N–H and O–H groups in total. The van der Waals surface area contributed by atoms with E-state index in [1.165, 1.54) is 31.7 Å². The van der Waals surface area contributed by atoms with Gasteiger partial charge in [0, 0.05) is 54.6 Å². The average molecular weight is 504 g/mol. The van der Waals surface area contributed by atoms with Gasteiger partial charge in [-0.05, 0) is 38.1 Å². The Kier molecular flexibility index (Phi) is 7.93. The van der Waals surface area contributed by atoms with E-state index in [9.17, 15) is 9.90 Å². The molecule has 1 fully saturated rings. The first-order chi connectivity index (χ1) is 17.8. The molecule has 0 radical (unpaired) electrons. The van der Waals surface area contributed by atoms with Crippen molar-refractivity contribution in [1.29, 1.82) is 0 Å². The molecule has 1 unspecified atom stereocenters. The molecular formula is C28H30FN5O3. The van der Waals surface area contributed by atoms with Crippen LogP contribution < -0.4 is 10.2 Å². The number of nitrogens with zero attached hydrogens (tertiary/aromatic N) is 4. The Labute approximate surface area is 215 Å². The summed E-state index contributed by atoms with van der Waals surface area (Å²) in [4.78, 5) is 28.4. The maximum atomic E-state index is 15.3. The van der Waals surface area contributed by atoms with Gasteiger partial charge in [-0.15, -0.1) is 0 Å². The fourth-order valence-corrected chi connectivity index (χ4v) is 4.45. The van der Waals surface area contributed by atoms with Crippen molar-refractivity contribution in [3.8, 4) is 17.0 Å². The summed E-state index contributed by atoms with van der Waals surface area (Å²) >= 11 is 0. The van der Waals surface area contributed by atoms with Crippen molar-refractivity contribution in [3.63, 3.8) is 0 Å². The Bertz CT molecular complexity index is 1390. The largest absolute Gasteiger partial charge is 0.508 e. The van der Waals surface area contributed by atoms with Crippen molar-refractivity contribution in [2.24, 2.45) is 4.99 Å². The fraction of sp³-hybridized carbons (Fsp3) is 0.286. The summed E-state index contributed by atoms with van der Waals surface area (Å²) in [6.07, 6.45) is 4.36. The normalized spacial score (nSPS) is 14.5. The highest BCUT2D eigenvalue weighted by molar-refractivity contribution is 5.95. The zero-order valence-corrected chi connectivity index (χ0v) is 21.2. The van der Waals surface area contributed by atoms with Crippen molar-refractivity contribution in [2.75, 3.05) is 38.3 Å². The van der Waals surface area contributed by atoms with Crippen LogP contribution in [0.2, 0.25) is 0 Å². The number of aliphatic imine (C=N–C) groups is 1. The van der Waals surface area contributed by atoms with Crippen LogP contribution in [0, 0.1) is 5.82 Å². The Hall–Kier alpha value is -4.11. The number of ether oxygens (including phenoxy) is 1. The minimum Gasteiger partial charge on any atom is -0.508 e. The van der Waals surface area contributed by atoms with Crippen LogP contribution in [-0.2, 0) is 9.53 Å². The lowest BCUT2D eigenvalue weighted by Gasteiger charge is -2.29. The first-order valence-corrected chi connectivity index (χ1v) is 12.0. The van der Waals surface area contributed by atoms with Gasteiger partial charge in [-0.2, -0.15) is 0 Å². The number of halogens is 1. The Morgan fingerprint density at radius 3 is 2.68 bits per heavy atom. The Morgan fingerprint density at radius 1 is 1.24 bits per heavy atom. The topological polar surface area (TPSA) is 99.9 Å². The number of carbonyl (C=O) groups is 1. The molecule has 0 saturated carbocycles. The molecule has 1 saturated heterocycles. The molecule has 0 spiro atoms. The molecule has 0 aliphatic carbocycles. The van der Waals surface area contributed by atoms with E-state index in [4.69, 9.17) is 4.74 Å². The molecule has 2 heterocycles. The van der Waals surface area contributed by atoms with E-state index >= 15 is 4.39 Å². The summed E-state index contributed by atoms with van der Waals surface area (Å²) in [5.74, 6) is -2.39. The molecule has 192 valence electrons. The zero-order chi connectivity index (χ0) is 26.5. The Balaban J connectivity index is 1.87. The van der Waals surface area contributed by atoms with E-state index in [1.54, 1.807) is 0 Å². The number of aromatic hydroxyl groups is 1. The molecular weight excluding hydrogens is 473 g/mol. The first kappa shape index (κ1) is 26.0. The van der Waals surface area contributed by atoms with Crippen LogP contribution >= 0.6 is 0 Å². The lowest BCUT2D eigenvalue weighted by atomic mass is 9.89. The van der Waals surface area contributed by atoms with Crippen LogP contribution in [0.1, 0.15) is 25.3 Å². The number of morpholine rings is 1. The molecule has 9 heteroatoms. The maximum Gasteiger partial charge on any atom is 0.233 e. The number of amides is 1. The summed E-state index contributed by atoms with van der Waals surface area (Å²) < 4.78 is 20.8. The number of rotatable bonds is 7. The standard InChI is InChI=1S/C28H30FN5O3/c1-5-8-31-26(17(2)3)25(28(36)30-4)21-14-20(22(29)15-24(21)35)27-19-7-6-18(13-23(19)32-16-33-27)34-9-11-37-12-10-34/h5-8,13-16,25,35H,1,9-12H2,2-4H3,(H,30,36)/b31-8-. The molecule has 0 bridgehead atoms. The summed E-state index contributed by atoms with van der Waals surface area (Å²) in [5, 5.41) is 14.0. The number of allylic oxidation sites excluding steroid dienone is 2. The minimum absolute atomic E-state index is 0.147. The van der Waals surface area contributed by atoms with Gasteiger partial charge in [0.1, 0.15) is 23.8 Å². The van der Waals surface area contributed by atoms with Crippen LogP contribution in [-0.4, -0.2) is 60.5 Å². The SMILES string of the molecule is C=C/C=N\C(=C(C)C)C(C(=O)NC)c1cc(-c2ncnc3cc(N4CCOCC4)ccc23)c(F)cc1O. The number of hydrogen-bond donors (Lipinski definition) is 2. The second-order valence-corrected chi connectivity index (χ2v) is 8.86. The third-order valence-electron chi connectivity index (χ3n) is 6.29. The van der Waals surface area contributed by atoms with Gasteiger partial charge in [-0.3, -0.25) is 9.79 Å². The van der Waals surface area contributed by atoms with Gasteiger partial charge in [-0.1, -0.05) is 18.2 Å². The third-order valence-corrected chi connectivity index (χ3v) is 6.29. The maximum absolute atomic E-state index is 15.3. The summed E-state index contributed by atoms with van der Waals surface area (Å²) in [7, 11) is 1.50. The van der Waals surface area contributed by atoms with E-state index in [2.05, 4.69) is 31.8 Å². The third kappa shape index (κ3) is 5.36. The summed E-state index contributed by atoms with van der Waals surface area (Å²) in [6, 6.07) is 8.25. The van der Waals surface area contributed by atoms with Crippen molar-refractivity contribution < 1.29 is 19.0 Å². The molecule has 1 aromatic heterocycles. The second-order valence-electron chi connectivity index (χ2n) is 8.86. The second kappa shape index (κ2) is 11.3. The summed E-state index contributed by atoms with van der Waals surface area (Å²) in [5.41, 5.74) is 3.57. The van der Waals surface area contributed by atoms with E-state index in [0.29, 0.717) is 35.5 Å². The highest BCUT2D eigenvalue weighted by atomic mass is 19.1. The number of likely N-dealkylation sites (N-methyl/N-ethyl adjacent to an activating group) is 1. The molecule has 1 aliphatic rings. The smallest absolute Gasteiger partial charge is 0.233 e. The molecule has 3 aromatic rings. The van der Waals surface area contributed by atoms with Crippen LogP contribution in [0.4, 0.5) is 10.1 Å². The number of phenols is 1. The van der Waals surface area contributed by atoms with Crippen LogP contribution in [0.15, 0.2) is 65.6 Å². The fourth-order valence-electron chi connectivity index (χ4n) is 4.45. The van der Waals surface area contributed by atoms with E-state index in [-0.39, 0.29) is 16.9 Å². The number of phenolic OH excluding ortho intramolecular Hbond substituents is 1. The van der Waals surface area contributed by atoms with Gasteiger partial charge < -0.3 is 20.1 Å². The number of benzene rings is 2. The highest BCUT2D eigenvalue weighted by Gasteiger charge is 2.29. The number of anilines is 1. The van der Waals surface area contributed by atoms with E-state index < -0.39 is 17.6 Å². The minimum atomic E-state index is -0.980. The van der Waals surface area contributed by atoms with Crippen molar-refractivity contribution >= 4 is 28.7 Å². The number of aromatic nitrogens is 2. The highest BCUT2D eigenvalue weighted by Crippen LogP contribution is 2.39. The van der Waals surface area contributed by atoms with Crippen LogP contribution in [0.25, 0.3) is 22.2 Å². The van der Waals surface area contributed by atoms with Crippen molar-refractivity contribution in [1.82, 2.24) is 15.3 Å². The predicted octanol–water partition coefficient (Wildman–Crippen LogP) is 4.36. The van der Waals surface area contributed by atoms with Gasteiger partial charge in [0.25, 0.3) is 0 Å². The lowest BCUT2D eigenvalue weighted by Crippen LogP contribution is -2.36. The monoisotopic (exact) mass is 503 g/mol. The van der Waals surface area contributed by atoms with Gasteiger partial charge in [-0.25, -0.2) is 14.4 Å². The van der Waals surface area contributed by atoms with Gasteiger partial charge in [0.05, 0.1) is 30.1 Å². The predicted molar refractivity (Wildman–Crippen MR) is 143 cm³/mol. The quantitative estimate of drug-likeness (QED) is 0.465. The van der Waals surface area contributed by atoms with Crippen LogP contribution in [0.3, 0.4) is 0 Å². The molecule has 8 nitrogen and oxygen atoms in total. The zero-order valence-electron chi connectivity index (χ0n) is 21.2. The van der Waals surface area contributed by atoms with Crippen molar-refractivity contribution in [3.05, 3.63) is 72.0 Å². The number of carbonyl (C=O) groups excluding carboxylic acids is 1. The molecule has 2 aromatic carbocycles. The number of nitrogens with one attached hydrogen (secondary N) is 1.